The third kappa shape index (κ3) is 9.58. The molecule has 0 saturated heterocycles. The van der Waals surface area contributed by atoms with E-state index in [2.05, 4.69) is 236 Å². The Bertz CT molecular complexity index is 3970. The molecule has 0 fully saturated rings. The zero-order valence-corrected chi connectivity index (χ0v) is 43.1. The Balaban J connectivity index is 1.12. The van der Waals surface area contributed by atoms with Crippen molar-refractivity contribution in [2.45, 2.75) is 25.7 Å². The van der Waals surface area contributed by atoms with Crippen LogP contribution in [0.25, 0.3) is 121 Å². The minimum Gasteiger partial charge on any atom is -0.307 e. The number of hydrogen-bond donors (Lipinski definition) is 1. The van der Waals surface area contributed by atoms with Gasteiger partial charge in [0.2, 0.25) is 0 Å². The molecule has 0 bridgehead atoms. The van der Waals surface area contributed by atoms with E-state index in [0.717, 1.165) is 103 Å². The van der Waals surface area contributed by atoms with E-state index in [-0.39, 0.29) is 0 Å². The summed E-state index contributed by atoms with van der Waals surface area (Å²) in [5, 5.41) is 4.83. The van der Waals surface area contributed by atoms with Crippen molar-refractivity contribution >= 4 is 72.0 Å². The highest BCUT2D eigenvalue weighted by Gasteiger charge is 2.26. The van der Waals surface area contributed by atoms with Crippen LogP contribution in [0.4, 0.5) is 0 Å². The summed E-state index contributed by atoms with van der Waals surface area (Å²) in [5.74, 6) is 1.73. The molecule has 0 aliphatic heterocycles. The van der Waals surface area contributed by atoms with Gasteiger partial charge < -0.3 is 4.57 Å². The van der Waals surface area contributed by atoms with Gasteiger partial charge in [0.15, 0.2) is 17.5 Å². The number of thiol groups is 1. The molecule has 6 heteroatoms. The Morgan fingerprint density at radius 1 is 0.467 bits per heavy atom. The molecular weight excluding hydrogens is 949 g/mol. The van der Waals surface area contributed by atoms with Crippen molar-refractivity contribution in [2.24, 2.45) is 0 Å². The lowest BCUT2D eigenvalue weighted by molar-refractivity contribution is 0.762. The van der Waals surface area contributed by atoms with Crippen molar-refractivity contribution in [1.82, 2.24) is 19.5 Å². The lowest BCUT2D eigenvalue weighted by atomic mass is 9.92. The summed E-state index contributed by atoms with van der Waals surface area (Å²) in [6.45, 7) is 3.79. The highest BCUT2D eigenvalue weighted by molar-refractivity contribution is 7.84. The van der Waals surface area contributed by atoms with Gasteiger partial charge in [-0.05, 0) is 84.4 Å². The standard InChI is InChI=1S/C69H52N4S2/c1-2-3-4-5-6-7-20-33-53(74)41-43-64-70-68(51-40-42-57-56-34-21-22-39-62(56)75-63(57)46-51)72-69(71-64)52-44-60(49-29-16-10-17-30-49)67(61(45-52)50-31-18-11-19-32-50)73-65-54(47-25-12-8-13-26-47)35-23-37-58(65)59-38-24-36-55(66(59)73)48-27-14-9-15-28-48/h2-4,8-19,21-46,74H,1,5-7,20H2/b4-3-,43-41+,53-33+. The van der Waals surface area contributed by atoms with Crippen LogP contribution in [-0.4, -0.2) is 19.5 Å². The Kier molecular flexibility index (Phi) is 13.5. The fourth-order valence-corrected chi connectivity index (χ4v) is 11.7. The number of thiophene rings is 1. The van der Waals surface area contributed by atoms with E-state index in [4.69, 9.17) is 27.6 Å². The summed E-state index contributed by atoms with van der Waals surface area (Å²) in [4.78, 5) is 16.8. The van der Waals surface area contributed by atoms with Crippen molar-refractivity contribution in [1.29, 1.82) is 0 Å². The summed E-state index contributed by atoms with van der Waals surface area (Å²) < 4.78 is 4.99. The minimum absolute atomic E-state index is 0.551. The first-order valence-corrected chi connectivity index (χ1v) is 26.8. The maximum Gasteiger partial charge on any atom is 0.164 e. The highest BCUT2D eigenvalue weighted by atomic mass is 32.1. The van der Waals surface area contributed by atoms with Gasteiger partial charge in [-0.1, -0.05) is 219 Å². The molecule has 0 atom stereocenters. The van der Waals surface area contributed by atoms with Crippen LogP contribution in [0, 0.1) is 0 Å². The van der Waals surface area contributed by atoms with Crippen LogP contribution >= 0.6 is 24.0 Å². The van der Waals surface area contributed by atoms with Gasteiger partial charge in [-0.3, -0.25) is 0 Å². The first kappa shape index (κ1) is 47.3. The molecular formula is C69H52N4S2. The first-order valence-electron chi connectivity index (χ1n) is 25.6. The third-order valence-corrected chi connectivity index (χ3v) is 15.3. The Hall–Kier alpha value is -8.68. The van der Waals surface area contributed by atoms with Crippen molar-refractivity contribution in [3.63, 3.8) is 0 Å². The van der Waals surface area contributed by atoms with Gasteiger partial charge in [0.25, 0.3) is 0 Å². The van der Waals surface area contributed by atoms with Crippen molar-refractivity contribution in [3.8, 4) is 73.0 Å². The number of fused-ring (bicyclic) bond motifs is 6. The van der Waals surface area contributed by atoms with Crippen molar-refractivity contribution in [2.75, 3.05) is 0 Å². The zero-order valence-electron chi connectivity index (χ0n) is 41.4. The fourth-order valence-electron chi connectivity index (χ4n) is 10.4. The molecule has 0 aliphatic rings. The zero-order chi connectivity index (χ0) is 50.5. The molecule has 0 unspecified atom stereocenters. The van der Waals surface area contributed by atoms with Crippen LogP contribution in [0.5, 0.6) is 0 Å². The minimum atomic E-state index is 0.551. The molecule has 12 rings (SSSR count). The molecule has 0 spiro atoms. The molecule has 12 aromatic rings. The Morgan fingerprint density at radius 3 is 1.56 bits per heavy atom. The molecule has 75 heavy (non-hydrogen) atoms. The Labute approximate surface area is 447 Å². The number of para-hydroxylation sites is 2. The van der Waals surface area contributed by atoms with E-state index in [9.17, 15) is 0 Å². The quantitative estimate of drug-likeness (QED) is 0.0632. The third-order valence-electron chi connectivity index (χ3n) is 13.9. The number of benzene rings is 9. The Morgan fingerprint density at radius 2 is 0.973 bits per heavy atom. The topological polar surface area (TPSA) is 43.6 Å². The number of rotatable bonds is 15. The SMILES string of the molecule is C=C/C=C\CCCC/C=C(S)\C=C\c1nc(-c2cc(-c3ccccc3)c(-n3c4c(-c5ccccc5)cccc4c4cccc(-c5ccccc5)c43)c(-c3ccccc3)c2)nc(-c2ccc3c(c2)sc2ccccc23)n1. The molecule has 360 valence electrons. The normalized spacial score (nSPS) is 12.0. The summed E-state index contributed by atoms with van der Waals surface area (Å²) in [7, 11) is 0. The van der Waals surface area contributed by atoms with Crippen molar-refractivity contribution < 1.29 is 0 Å². The van der Waals surface area contributed by atoms with Crippen LogP contribution in [0.1, 0.15) is 31.5 Å². The second kappa shape index (κ2) is 21.4. The molecule has 0 amide bonds. The van der Waals surface area contributed by atoms with Crippen molar-refractivity contribution in [3.05, 3.63) is 260 Å². The lowest BCUT2D eigenvalue weighted by Gasteiger charge is -2.22. The number of unbranched alkanes of at least 4 members (excludes halogenated alkanes) is 3. The molecule has 0 saturated carbocycles. The molecule has 9 aromatic carbocycles. The number of nitrogens with zero attached hydrogens (tertiary/aromatic N) is 4. The number of hydrogen-bond acceptors (Lipinski definition) is 5. The molecule has 3 heterocycles. The van der Waals surface area contributed by atoms with E-state index in [1.807, 2.05) is 24.3 Å². The molecule has 0 N–H and O–H groups in total. The van der Waals surface area contributed by atoms with Crippen LogP contribution in [-0.2, 0) is 0 Å². The monoisotopic (exact) mass is 1000 g/mol. The summed E-state index contributed by atoms with van der Waals surface area (Å²) in [6, 6.07) is 76.3. The average Bonchev–Trinajstić information content (AvgIpc) is 4.12. The lowest BCUT2D eigenvalue weighted by Crippen LogP contribution is -2.05. The first-order chi connectivity index (χ1) is 37.1. The van der Waals surface area contributed by atoms with Gasteiger partial charge in [0, 0.05) is 69.2 Å². The van der Waals surface area contributed by atoms with Gasteiger partial charge in [-0.15, -0.1) is 24.0 Å². The predicted molar refractivity (Wildman–Crippen MR) is 324 cm³/mol. The summed E-state index contributed by atoms with van der Waals surface area (Å²) in [6.07, 6.45) is 16.3. The molecule has 0 aliphatic carbocycles. The van der Waals surface area contributed by atoms with Crippen LogP contribution < -0.4 is 0 Å². The van der Waals surface area contributed by atoms with E-state index < -0.39 is 0 Å². The van der Waals surface area contributed by atoms with E-state index in [1.165, 1.54) is 30.9 Å². The smallest absolute Gasteiger partial charge is 0.164 e. The van der Waals surface area contributed by atoms with Gasteiger partial charge in [-0.2, -0.15) is 0 Å². The van der Waals surface area contributed by atoms with Crippen LogP contribution in [0.2, 0.25) is 0 Å². The van der Waals surface area contributed by atoms with E-state index in [1.54, 1.807) is 11.3 Å². The highest BCUT2D eigenvalue weighted by Crippen LogP contribution is 2.48. The fraction of sp³-hybridized carbons (Fsp3) is 0.0580. The van der Waals surface area contributed by atoms with Gasteiger partial charge in [0.1, 0.15) is 0 Å². The van der Waals surface area contributed by atoms with Crippen LogP contribution in [0.3, 0.4) is 0 Å². The largest absolute Gasteiger partial charge is 0.307 e. The molecule has 3 aromatic heterocycles. The average molecular weight is 1000 g/mol. The number of aromatic nitrogens is 4. The summed E-state index contributed by atoms with van der Waals surface area (Å²) >= 11 is 6.70. The maximum atomic E-state index is 5.42. The van der Waals surface area contributed by atoms with Gasteiger partial charge >= 0.3 is 0 Å². The second-order valence-corrected chi connectivity index (χ2v) is 20.3. The van der Waals surface area contributed by atoms with Gasteiger partial charge in [0.05, 0.1) is 16.7 Å². The van der Waals surface area contributed by atoms with Gasteiger partial charge in [-0.25, -0.2) is 15.0 Å². The van der Waals surface area contributed by atoms with E-state index in [0.29, 0.717) is 17.5 Å². The van der Waals surface area contributed by atoms with Crippen LogP contribution in [0.15, 0.2) is 254 Å². The molecule has 4 nitrogen and oxygen atoms in total. The molecule has 0 radical (unpaired) electrons. The number of allylic oxidation sites excluding steroid dienone is 5. The van der Waals surface area contributed by atoms with E-state index >= 15 is 0 Å². The predicted octanol–water partition coefficient (Wildman–Crippen LogP) is 19.5. The maximum absolute atomic E-state index is 5.42. The second-order valence-electron chi connectivity index (χ2n) is 18.7. The summed E-state index contributed by atoms with van der Waals surface area (Å²) in [5.41, 5.74) is 14.0.